The summed E-state index contributed by atoms with van der Waals surface area (Å²) in [5.41, 5.74) is 2.85. The molecule has 3 nitrogen and oxygen atoms in total. The van der Waals surface area contributed by atoms with Crippen LogP contribution < -0.4 is 0 Å². The first-order chi connectivity index (χ1) is 12.4. The number of halogens is 1. The van der Waals surface area contributed by atoms with E-state index < -0.39 is 5.54 Å². The summed E-state index contributed by atoms with van der Waals surface area (Å²) in [5, 5.41) is 0.917. The molecule has 0 fully saturated rings. The average molecular weight is 366 g/mol. The predicted molar refractivity (Wildman–Crippen MR) is 103 cm³/mol. The van der Waals surface area contributed by atoms with Gasteiger partial charge in [0.25, 0.3) is 5.91 Å². The van der Waals surface area contributed by atoms with E-state index in [4.69, 9.17) is 4.98 Å². The second-order valence-electron chi connectivity index (χ2n) is 7.10. The molecule has 2 aromatic carbocycles. The summed E-state index contributed by atoms with van der Waals surface area (Å²) >= 11 is 1.62. The third-order valence-electron chi connectivity index (χ3n) is 4.91. The van der Waals surface area contributed by atoms with Gasteiger partial charge in [-0.15, -0.1) is 11.3 Å². The van der Waals surface area contributed by atoms with Gasteiger partial charge < -0.3 is 4.90 Å². The fourth-order valence-corrected chi connectivity index (χ4v) is 4.47. The quantitative estimate of drug-likeness (QED) is 0.654. The highest BCUT2D eigenvalue weighted by molar-refractivity contribution is 7.18. The Hall–Kier alpha value is -2.53. The van der Waals surface area contributed by atoms with Crippen LogP contribution in [0.2, 0.25) is 0 Å². The lowest BCUT2D eigenvalue weighted by Crippen LogP contribution is -2.43. The van der Waals surface area contributed by atoms with Crippen LogP contribution in [0.5, 0.6) is 0 Å². The van der Waals surface area contributed by atoms with Crippen molar-refractivity contribution in [2.24, 2.45) is 0 Å². The number of hydrogen-bond donors (Lipinski definition) is 0. The molecule has 0 bridgehead atoms. The average Bonchev–Trinajstić information content (AvgIpc) is 3.18. The molecule has 0 aliphatic carbocycles. The van der Waals surface area contributed by atoms with Crippen molar-refractivity contribution < 1.29 is 9.18 Å². The lowest BCUT2D eigenvalue weighted by molar-refractivity contribution is -0.128. The van der Waals surface area contributed by atoms with Crippen LogP contribution in [0, 0.1) is 5.82 Å². The van der Waals surface area contributed by atoms with Gasteiger partial charge in [0.2, 0.25) is 0 Å². The molecule has 5 heteroatoms. The van der Waals surface area contributed by atoms with Crippen molar-refractivity contribution in [3.05, 3.63) is 70.5 Å². The number of hydrogen-bond acceptors (Lipinski definition) is 3. The number of thiazole rings is 1. The summed E-state index contributed by atoms with van der Waals surface area (Å²) in [5.74, 6) is -0.331. The number of amides is 1. The second-order valence-corrected chi connectivity index (χ2v) is 8.13. The molecule has 3 aromatic rings. The first kappa shape index (κ1) is 16.9. The lowest BCUT2D eigenvalue weighted by atomic mass is 10.0. The minimum atomic E-state index is -0.524. The van der Waals surface area contributed by atoms with Crippen molar-refractivity contribution in [1.82, 2.24) is 9.88 Å². The molecule has 0 radical (unpaired) electrons. The van der Waals surface area contributed by atoms with E-state index in [1.165, 1.54) is 12.1 Å². The van der Waals surface area contributed by atoms with Crippen molar-refractivity contribution in [2.75, 3.05) is 6.54 Å². The number of aromatic nitrogens is 1. The monoisotopic (exact) mass is 366 g/mol. The molecule has 2 heterocycles. The molecule has 132 valence electrons. The van der Waals surface area contributed by atoms with Crippen molar-refractivity contribution in [2.45, 2.75) is 26.3 Å². The van der Waals surface area contributed by atoms with Crippen molar-refractivity contribution in [3.8, 4) is 0 Å². The highest BCUT2D eigenvalue weighted by atomic mass is 32.1. The summed E-state index contributed by atoms with van der Waals surface area (Å²) < 4.78 is 14.4. The molecular weight excluding hydrogens is 347 g/mol. The van der Waals surface area contributed by atoms with E-state index in [9.17, 15) is 9.18 Å². The number of benzene rings is 2. The zero-order valence-electron chi connectivity index (χ0n) is 14.9. The summed E-state index contributed by atoms with van der Waals surface area (Å²) in [6.45, 7) is 6.58. The smallest absolute Gasteiger partial charge is 0.255 e. The molecule has 1 aromatic heterocycles. The summed E-state index contributed by atoms with van der Waals surface area (Å²) in [7, 11) is 0. The Bertz CT molecular complexity index is 1000. The number of carbonyl (C=O) groups excluding carboxylic acids is 1. The van der Waals surface area contributed by atoms with Crippen LogP contribution in [-0.4, -0.2) is 22.3 Å². The first-order valence-corrected chi connectivity index (χ1v) is 9.33. The molecule has 4 rings (SSSR count). The molecule has 26 heavy (non-hydrogen) atoms. The van der Waals surface area contributed by atoms with Crippen LogP contribution in [0.4, 0.5) is 4.39 Å². The number of carbonyl (C=O) groups is 1. The molecule has 0 saturated carbocycles. The maximum absolute atomic E-state index is 13.2. The van der Waals surface area contributed by atoms with Gasteiger partial charge in [-0.25, -0.2) is 9.37 Å². The van der Waals surface area contributed by atoms with Crippen molar-refractivity contribution in [1.29, 1.82) is 0 Å². The van der Waals surface area contributed by atoms with Crippen LogP contribution in [0.3, 0.4) is 0 Å². The molecule has 1 aliphatic rings. The molecule has 0 atom stereocenters. The Morgan fingerprint density at radius 1 is 1.12 bits per heavy atom. The summed E-state index contributed by atoms with van der Waals surface area (Å²) in [6.07, 6.45) is 0. The van der Waals surface area contributed by atoms with Crippen LogP contribution in [-0.2, 0) is 10.3 Å². The van der Waals surface area contributed by atoms with Gasteiger partial charge in [0, 0.05) is 12.1 Å². The topological polar surface area (TPSA) is 33.2 Å². The van der Waals surface area contributed by atoms with E-state index in [0.29, 0.717) is 12.1 Å². The van der Waals surface area contributed by atoms with Gasteiger partial charge in [0.05, 0.1) is 15.8 Å². The highest BCUT2D eigenvalue weighted by Crippen LogP contribution is 2.39. The summed E-state index contributed by atoms with van der Waals surface area (Å²) in [4.78, 5) is 19.8. The van der Waals surface area contributed by atoms with Gasteiger partial charge >= 0.3 is 0 Å². The van der Waals surface area contributed by atoms with Crippen molar-refractivity contribution >= 4 is 33.0 Å². The van der Waals surface area contributed by atoms with Gasteiger partial charge in [-0.05, 0) is 56.2 Å². The lowest BCUT2D eigenvalue weighted by Gasteiger charge is -2.34. The molecule has 0 saturated heterocycles. The molecular formula is C21H19FN2OS. The van der Waals surface area contributed by atoms with Crippen LogP contribution in [0.1, 0.15) is 31.3 Å². The normalized spacial score (nSPS) is 15.4. The van der Waals surface area contributed by atoms with Crippen LogP contribution >= 0.6 is 11.3 Å². The maximum atomic E-state index is 13.2. The predicted octanol–water partition coefficient (Wildman–Crippen LogP) is 4.99. The molecule has 1 amide bonds. The molecule has 0 unspecified atom stereocenters. The SMILES string of the molecule is CC1=C(c2ccc(F)cc2)C(=O)N(C(C)(C)c2nc3ccccc3s2)C1. The Balaban J connectivity index is 1.70. The van der Waals surface area contributed by atoms with Gasteiger partial charge in [0.15, 0.2) is 0 Å². The van der Waals surface area contributed by atoms with Crippen molar-refractivity contribution in [3.63, 3.8) is 0 Å². The Kier molecular flexibility index (Phi) is 3.92. The highest BCUT2D eigenvalue weighted by Gasteiger charge is 2.41. The maximum Gasteiger partial charge on any atom is 0.255 e. The number of para-hydroxylation sites is 1. The van der Waals surface area contributed by atoms with E-state index in [1.807, 2.05) is 49.9 Å². The molecule has 0 spiro atoms. The number of fused-ring (bicyclic) bond motifs is 1. The van der Waals surface area contributed by atoms with Gasteiger partial charge in [-0.3, -0.25) is 4.79 Å². The fourth-order valence-electron chi connectivity index (χ4n) is 3.39. The van der Waals surface area contributed by atoms with E-state index in [1.54, 1.807) is 23.5 Å². The fraction of sp³-hybridized carbons (Fsp3) is 0.238. The Morgan fingerprint density at radius 2 is 1.81 bits per heavy atom. The first-order valence-electron chi connectivity index (χ1n) is 8.51. The van der Waals surface area contributed by atoms with Gasteiger partial charge in [-0.2, -0.15) is 0 Å². The third kappa shape index (κ3) is 2.63. The zero-order chi connectivity index (χ0) is 18.5. The minimum Gasteiger partial charge on any atom is -0.323 e. The van der Waals surface area contributed by atoms with E-state index >= 15 is 0 Å². The zero-order valence-corrected chi connectivity index (χ0v) is 15.7. The van der Waals surface area contributed by atoms with E-state index in [2.05, 4.69) is 0 Å². The second kappa shape index (κ2) is 6.02. The van der Waals surface area contributed by atoms with E-state index in [-0.39, 0.29) is 11.7 Å². The van der Waals surface area contributed by atoms with Gasteiger partial charge in [-0.1, -0.05) is 24.3 Å². The minimum absolute atomic E-state index is 0.0293. The largest absolute Gasteiger partial charge is 0.323 e. The number of nitrogens with zero attached hydrogens (tertiary/aromatic N) is 2. The molecule has 0 N–H and O–H groups in total. The number of rotatable bonds is 3. The van der Waals surface area contributed by atoms with Crippen LogP contribution in [0.25, 0.3) is 15.8 Å². The summed E-state index contributed by atoms with van der Waals surface area (Å²) in [6, 6.07) is 14.1. The van der Waals surface area contributed by atoms with Crippen LogP contribution in [0.15, 0.2) is 54.1 Å². The Labute approximate surface area is 155 Å². The Morgan fingerprint density at radius 3 is 2.50 bits per heavy atom. The molecule has 1 aliphatic heterocycles. The standard InChI is InChI=1S/C21H19FN2OS/c1-13-12-24(19(25)18(13)14-8-10-15(22)11-9-14)21(2,3)20-23-16-6-4-5-7-17(16)26-20/h4-11H,12H2,1-3H3. The third-order valence-corrected chi connectivity index (χ3v) is 6.26. The van der Waals surface area contributed by atoms with Gasteiger partial charge in [0.1, 0.15) is 10.8 Å². The van der Waals surface area contributed by atoms with E-state index in [0.717, 1.165) is 26.4 Å².